The SMILES string of the molecule is CC1=NCCCCCC1(C)C. The predicted octanol–water partition coefficient (Wildman–Crippen LogP) is 3.05. The first-order valence-corrected chi connectivity index (χ1v) is 4.64. The minimum Gasteiger partial charge on any atom is -0.294 e. The van der Waals surface area contributed by atoms with Gasteiger partial charge in [0.2, 0.25) is 0 Å². The maximum absolute atomic E-state index is 4.55. The highest BCUT2D eigenvalue weighted by molar-refractivity contribution is 5.87. The highest BCUT2D eigenvalue weighted by atomic mass is 14.7. The van der Waals surface area contributed by atoms with Crippen molar-refractivity contribution in [2.24, 2.45) is 10.4 Å². The zero-order valence-corrected chi connectivity index (χ0v) is 7.98. The van der Waals surface area contributed by atoms with E-state index in [0.29, 0.717) is 5.41 Å². The number of nitrogens with zero attached hydrogens (tertiary/aromatic N) is 1. The molecule has 0 N–H and O–H groups in total. The summed E-state index contributed by atoms with van der Waals surface area (Å²) in [6, 6.07) is 0. The summed E-state index contributed by atoms with van der Waals surface area (Å²) >= 11 is 0. The summed E-state index contributed by atoms with van der Waals surface area (Å²) in [6.45, 7) is 7.83. The van der Waals surface area contributed by atoms with Gasteiger partial charge in [-0.25, -0.2) is 0 Å². The number of hydrogen-bond acceptors (Lipinski definition) is 1. The molecule has 0 spiro atoms. The van der Waals surface area contributed by atoms with E-state index in [2.05, 4.69) is 25.8 Å². The summed E-state index contributed by atoms with van der Waals surface area (Å²) in [5, 5.41) is 0. The lowest BCUT2D eigenvalue weighted by atomic mass is 9.82. The van der Waals surface area contributed by atoms with Crippen LogP contribution in [0.2, 0.25) is 0 Å². The Labute approximate surface area is 69.9 Å². The van der Waals surface area contributed by atoms with Gasteiger partial charge < -0.3 is 0 Å². The summed E-state index contributed by atoms with van der Waals surface area (Å²) < 4.78 is 0. The van der Waals surface area contributed by atoms with E-state index in [0.717, 1.165) is 6.54 Å². The van der Waals surface area contributed by atoms with E-state index in [1.807, 2.05) is 0 Å². The minimum absolute atomic E-state index is 0.362. The Bertz CT molecular complexity index is 156. The molecule has 0 fully saturated rings. The second-order valence-corrected chi connectivity index (χ2v) is 4.16. The molecule has 1 aliphatic rings. The molecule has 0 unspecified atom stereocenters. The zero-order valence-electron chi connectivity index (χ0n) is 7.98. The Balaban J connectivity index is 2.67. The van der Waals surface area contributed by atoms with Gasteiger partial charge in [-0.1, -0.05) is 26.7 Å². The Morgan fingerprint density at radius 1 is 1.18 bits per heavy atom. The molecule has 11 heavy (non-hydrogen) atoms. The van der Waals surface area contributed by atoms with Gasteiger partial charge in [0.25, 0.3) is 0 Å². The highest BCUT2D eigenvalue weighted by Gasteiger charge is 2.21. The second-order valence-electron chi connectivity index (χ2n) is 4.16. The van der Waals surface area contributed by atoms with Crippen LogP contribution in [0.5, 0.6) is 0 Å². The molecule has 1 nitrogen and oxygen atoms in total. The van der Waals surface area contributed by atoms with E-state index < -0.39 is 0 Å². The molecular formula is C10H19N. The fraction of sp³-hybridized carbons (Fsp3) is 0.900. The van der Waals surface area contributed by atoms with Gasteiger partial charge in [0, 0.05) is 17.7 Å². The van der Waals surface area contributed by atoms with Crippen molar-refractivity contribution in [3.63, 3.8) is 0 Å². The van der Waals surface area contributed by atoms with Crippen LogP contribution in [0, 0.1) is 5.41 Å². The van der Waals surface area contributed by atoms with Gasteiger partial charge in [-0.2, -0.15) is 0 Å². The summed E-state index contributed by atoms with van der Waals surface area (Å²) in [5.41, 5.74) is 1.71. The van der Waals surface area contributed by atoms with Gasteiger partial charge in [0.15, 0.2) is 0 Å². The Hall–Kier alpha value is -0.330. The Kier molecular flexibility index (Phi) is 2.69. The first-order valence-electron chi connectivity index (χ1n) is 4.64. The molecule has 0 aromatic heterocycles. The number of hydrogen-bond donors (Lipinski definition) is 0. The monoisotopic (exact) mass is 153 g/mol. The van der Waals surface area contributed by atoms with Crippen LogP contribution >= 0.6 is 0 Å². The maximum atomic E-state index is 4.55. The summed E-state index contributed by atoms with van der Waals surface area (Å²) in [6.07, 6.45) is 5.33. The van der Waals surface area contributed by atoms with E-state index in [1.165, 1.54) is 31.4 Å². The van der Waals surface area contributed by atoms with Crippen molar-refractivity contribution < 1.29 is 0 Å². The van der Waals surface area contributed by atoms with Crippen molar-refractivity contribution >= 4 is 5.71 Å². The fourth-order valence-corrected chi connectivity index (χ4v) is 1.50. The third kappa shape index (κ3) is 2.32. The Morgan fingerprint density at radius 3 is 2.64 bits per heavy atom. The summed E-state index contributed by atoms with van der Waals surface area (Å²) in [7, 11) is 0. The molecule has 0 atom stereocenters. The molecule has 0 saturated heterocycles. The van der Waals surface area contributed by atoms with Crippen LogP contribution in [0.25, 0.3) is 0 Å². The van der Waals surface area contributed by atoms with Gasteiger partial charge in [-0.3, -0.25) is 4.99 Å². The van der Waals surface area contributed by atoms with E-state index in [1.54, 1.807) is 0 Å². The molecule has 0 aromatic rings. The molecule has 0 saturated carbocycles. The second kappa shape index (κ2) is 3.38. The first kappa shape index (κ1) is 8.76. The van der Waals surface area contributed by atoms with Gasteiger partial charge in [0.05, 0.1) is 0 Å². The van der Waals surface area contributed by atoms with Gasteiger partial charge in [-0.05, 0) is 19.8 Å². The van der Waals surface area contributed by atoms with E-state index in [9.17, 15) is 0 Å². The molecule has 0 aliphatic carbocycles. The molecule has 1 heterocycles. The van der Waals surface area contributed by atoms with Crippen LogP contribution in [0.3, 0.4) is 0 Å². The molecule has 0 aromatic carbocycles. The quantitative estimate of drug-likeness (QED) is 0.507. The largest absolute Gasteiger partial charge is 0.294 e. The lowest BCUT2D eigenvalue weighted by Gasteiger charge is -2.26. The molecule has 64 valence electrons. The fourth-order valence-electron chi connectivity index (χ4n) is 1.50. The summed E-state index contributed by atoms with van der Waals surface area (Å²) in [4.78, 5) is 4.55. The molecule has 1 heteroatoms. The van der Waals surface area contributed by atoms with E-state index in [4.69, 9.17) is 0 Å². The first-order chi connectivity index (χ1) is 5.13. The van der Waals surface area contributed by atoms with Crippen LogP contribution in [-0.2, 0) is 0 Å². The third-order valence-corrected chi connectivity index (χ3v) is 2.79. The molecule has 1 rings (SSSR count). The number of rotatable bonds is 0. The minimum atomic E-state index is 0.362. The van der Waals surface area contributed by atoms with Crippen molar-refractivity contribution in [2.75, 3.05) is 6.54 Å². The van der Waals surface area contributed by atoms with E-state index >= 15 is 0 Å². The highest BCUT2D eigenvalue weighted by Crippen LogP contribution is 2.27. The standard InChI is InChI=1S/C10H19N/c1-9-10(2,3)7-5-4-6-8-11-9/h4-8H2,1-3H3. The Morgan fingerprint density at radius 2 is 1.91 bits per heavy atom. The average Bonchev–Trinajstić information content (AvgIpc) is 1.93. The normalized spacial score (nSPS) is 25.2. The third-order valence-electron chi connectivity index (χ3n) is 2.79. The molecular weight excluding hydrogens is 134 g/mol. The van der Waals surface area contributed by atoms with Crippen molar-refractivity contribution in [3.8, 4) is 0 Å². The van der Waals surface area contributed by atoms with Gasteiger partial charge >= 0.3 is 0 Å². The van der Waals surface area contributed by atoms with Crippen molar-refractivity contribution in [1.82, 2.24) is 0 Å². The van der Waals surface area contributed by atoms with Crippen molar-refractivity contribution in [1.29, 1.82) is 0 Å². The van der Waals surface area contributed by atoms with Crippen LogP contribution < -0.4 is 0 Å². The van der Waals surface area contributed by atoms with Crippen LogP contribution in [0.15, 0.2) is 4.99 Å². The van der Waals surface area contributed by atoms with Crippen LogP contribution in [0.4, 0.5) is 0 Å². The van der Waals surface area contributed by atoms with Gasteiger partial charge in [-0.15, -0.1) is 0 Å². The molecule has 0 radical (unpaired) electrons. The number of aliphatic imine (C=N–C) groups is 1. The van der Waals surface area contributed by atoms with Crippen LogP contribution in [-0.4, -0.2) is 12.3 Å². The van der Waals surface area contributed by atoms with Gasteiger partial charge in [0.1, 0.15) is 0 Å². The molecule has 0 bridgehead atoms. The van der Waals surface area contributed by atoms with Crippen molar-refractivity contribution in [3.05, 3.63) is 0 Å². The topological polar surface area (TPSA) is 12.4 Å². The molecule has 0 amide bonds. The maximum Gasteiger partial charge on any atom is 0.0388 e. The van der Waals surface area contributed by atoms with E-state index in [-0.39, 0.29) is 0 Å². The smallest absolute Gasteiger partial charge is 0.0388 e. The zero-order chi connectivity index (χ0) is 8.32. The summed E-state index contributed by atoms with van der Waals surface area (Å²) in [5.74, 6) is 0. The lowest BCUT2D eigenvalue weighted by Crippen LogP contribution is -2.23. The lowest BCUT2D eigenvalue weighted by molar-refractivity contribution is 0.430. The molecule has 1 aliphatic heterocycles. The van der Waals surface area contributed by atoms with Crippen LogP contribution in [0.1, 0.15) is 46.5 Å². The van der Waals surface area contributed by atoms with Crippen molar-refractivity contribution in [2.45, 2.75) is 46.5 Å². The average molecular weight is 153 g/mol. The predicted molar refractivity (Wildman–Crippen MR) is 50.2 cm³/mol.